The van der Waals surface area contributed by atoms with Gasteiger partial charge in [0.15, 0.2) is 11.8 Å². The summed E-state index contributed by atoms with van der Waals surface area (Å²) in [5.74, 6) is 2.31. The molecule has 11 heteroatoms. The zero-order valence-corrected chi connectivity index (χ0v) is 21.7. The van der Waals surface area contributed by atoms with E-state index in [1.54, 1.807) is 11.3 Å². The number of rotatable bonds is 9. The Bertz CT molecular complexity index is 805. The molecular weight excluding hydrogens is 529 g/mol. The van der Waals surface area contributed by atoms with E-state index < -0.39 is 5.60 Å². The van der Waals surface area contributed by atoms with Crippen molar-refractivity contribution in [2.24, 2.45) is 12.0 Å². The third kappa shape index (κ3) is 7.97. The number of nitrogens with zero attached hydrogens (tertiary/aromatic N) is 5. The quantitative estimate of drug-likeness (QED) is 0.184. The van der Waals surface area contributed by atoms with Crippen LogP contribution in [0.2, 0.25) is 0 Å². The van der Waals surface area contributed by atoms with Crippen LogP contribution in [0.4, 0.5) is 0 Å². The van der Waals surface area contributed by atoms with Gasteiger partial charge in [-0.1, -0.05) is 0 Å². The van der Waals surface area contributed by atoms with Crippen LogP contribution in [-0.2, 0) is 23.9 Å². The van der Waals surface area contributed by atoms with Gasteiger partial charge in [0.2, 0.25) is 0 Å². The Morgan fingerprint density at radius 2 is 2.10 bits per heavy atom. The van der Waals surface area contributed by atoms with E-state index in [0.717, 1.165) is 63.0 Å². The molecule has 1 saturated heterocycles. The maximum absolute atomic E-state index is 10.8. The number of hydrogen-bond donors (Lipinski definition) is 3. The number of halogens is 1. The second-order valence-electron chi connectivity index (χ2n) is 7.76. The fourth-order valence-corrected chi connectivity index (χ4v) is 3.96. The number of thiophene rings is 1. The molecule has 1 atom stereocenters. The van der Waals surface area contributed by atoms with Crippen molar-refractivity contribution in [1.29, 1.82) is 0 Å². The first-order valence-corrected chi connectivity index (χ1v) is 11.3. The molecule has 174 valence electrons. The van der Waals surface area contributed by atoms with Gasteiger partial charge in [-0.2, -0.15) is 11.3 Å². The van der Waals surface area contributed by atoms with Crippen molar-refractivity contribution < 1.29 is 9.84 Å². The molecule has 0 spiro atoms. The van der Waals surface area contributed by atoms with Crippen LogP contribution >= 0.6 is 35.3 Å². The lowest BCUT2D eigenvalue weighted by atomic mass is 9.99. The van der Waals surface area contributed by atoms with E-state index in [-0.39, 0.29) is 24.0 Å². The topological polar surface area (TPSA) is 99.8 Å². The summed E-state index contributed by atoms with van der Waals surface area (Å²) in [7, 11) is 1.93. The lowest BCUT2D eigenvalue weighted by Gasteiger charge is -2.27. The minimum atomic E-state index is -0.975. The highest BCUT2D eigenvalue weighted by atomic mass is 127. The largest absolute Gasteiger partial charge is 0.384 e. The summed E-state index contributed by atoms with van der Waals surface area (Å²) in [5, 5.41) is 29.7. The number of guanidine groups is 1. The van der Waals surface area contributed by atoms with Crippen LogP contribution in [-0.4, -0.2) is 76.7 Å². The molecule has 1 aliphatic rings. The lowest BCUT2D eigenvalue weighted by Crippen LogP contribution is -2.45. The van der Waals surface area contributed by atoms with Gasteiger partial charge in [0.05, 0.1) is 19.8 Å². The van der Waals surface area contributed by atoms with Crippen molar-refractivity contribution in [3.63, 3.8) is 0 Å². The minimum Gasteiger partial charge on any atom is -0.384 e. The number of aryl methyl sites for hydroxylation is 1. The highest BCUT2D eigenvalue weighted by Gasteiger charge is 2.23. The predicted molar refractivity (Wildman–Crippen MR) is 134 cm³/mol. The van der Waals surface area contributed by atoms with Crippen LogP contribution < -0.4 is 10.6 Å². The third-order valence-corrected chi connectivity index (χ3v) is 6.03. The van der Waals surface area contributed by atoms with E-state index in [1.807, 2.05) is 42.3 Å². The number of hydrogen-bond acceptors (Lipinski definition) is 7. The average Bonchev–Trinajstić information content (AvgIpc) is 3.40. The zero-order valence-electron chi connectivity index (χ0n) is 18.5. The fraction of sp³-hybridized carbons (Fsp3) is 0.650. The summed E-state index contributed by atoms with van der Waals surface area (Å²) in [6, 6.07) is 1.95. The Balaban J connectivity index is 0.00000341. The van der Waals surface area contributed by atoms with E-state index >= 15 is 0 Å². The molecule has 3 N–H and O–H groups in total. The molecule has 1 unspecified atom stereocenters. The number of aromatic nitrogens is 3. The maximum Gasteiger partial charge on any atom is 0.191 e. The molecule has 1 aliphatic heterocycles. The average molecular weight is 564 g/mol. The van der Waals surface area contributed by atoms with Crippen LogP contribution in [0.1, 0.15) is 30.6 Å². The van der Waals surface area contributed by atoms with Crippen molar-refractivity contribution in [1.82, 2.24) is 30.3 Å². The van der Waals surface area contributed by atoms with E-state index in [4.69, 9.17) is 4.74 Å². The van der Waals surface area contributed by atoms with Gasteiger partial charge in [-0.15, -0.1) is 34.2 Å². The van der Waals surface area contributed by atoms with E-state index in [9.17, 15) is 5.11 Å². The molecule has 3 rings (SSSR count). The van der Waals surface area contributed by atoms with Gasteiger partial charge < -0.3 is 25.0 Å². The van der Waals surface area contributed by atoms with Crippen LogP contribution in [0.25, 0.3) is 0 Å². The van der Waals surface area contributed by atoms with Crippen LogP contribution in [0, 0.1) is 6.92 Å². The number of nitrogens with one attached hydrogen (secondary N) is 2. The molecule has 0 aliphatic carbocycles. The lowest BCUT2D eigenvalue weighted by molar-refractivity contribution is 0.0376. The predicted octanol–water partition coefficient (Wildman–Crippen LogP) is 1.47. The highest BCUT2D eigenvalue weighted by molar-refractivity contribution is 14.0. The molecule has 2 aromatic heterocycles. The molecule has 0 saturated carbocycles. The smallest absolute Gasteiger partial charge is 0.191 e. The summed E-state index contributed by atoms with van der Waals surface area (Å²) in [6.45, 7) is 9.94. The van der Waals surface area contributed by atoms with Crippen LogP contribution in [0.5, 0.6) is 0 Å². The van der Waals surface area contributed by atoms with Gasteiger partial charge in [-0.05, 0) is 49.2 Å². The van der Waals surface area contributed by atoms with Crippen molar-refractivity contribution in [3.05, 3.63) is 34.0 Å². The van der Waals surface area contributed by atoms with E-state index in [0.29, 0.717) is 19.0 Å². The maximum atomic E-state index is 10.8. The molecule has 9 nitrogen and oxygen atoms in total. The second-order valence-corrected chi connectivity index (χ2v) is 8.54. The van der Waals surface area contributed by atoms with Crippen molar-refractivity contribution >= 4 is 41.3 Å². The van der Waals surface area contributed by atoms with Gasteiger partial charge >= 0.3 is 0 Å². The Morgan fingerprint density at radius 3 is 2.74 bits per heavy atom. The molecule has 2 aromatic rings. The molecule has 0 bridgehead atoms. The monoisotopic (exact) mass is 563 g/mol. The molecule has 31 heavy (non-hydrogen) atoms. The number of aliphatic imine (C=N–C) groups is 1. The molecule has 0 aromatic carbocycles. The summed E-state index contributed by atoms with van der Waals surface area (Å²) < 4.78 is 7.33. The molecule has 0 amide bonds. The minimum absolute atomic E-state index is 0. The number of morpholine rings is 1. The normalized spacial score (nSPS) is 17.1. The van der Waals surface area contributed by atoms with Gasteiger partial charge in [0.1, 0.15) is 18.0 Å². The second kappa shape index (κ2) is 12.7. The third-order valence-electron chi connectivity index (χ3n) is 5.35. The van der Waals surface area contributed by atoms with Crippen molar-refractivity contribution in [2.75, 3.05) is 45.9 Å². The Hall–Kier alpha value is -1.28. The summed E-state index contributed by atoms with van der Waals surface area (Å²) in [4.78, 5) is 7.08. The van der Waals surface area contributed by atoms with E-state index in [1.165, 1.54) is 0 Å². The van der Waals surface area contributed by atoms with Crippen LogP contribution in [0.3, 0.4) is 0 Å². The summed E-state index contributed by atoms with van der Waals surface area (Å²) >= 11 is 1.58. The Morgan fingerprint density at radius 1 is 1.32 bits per heavy atom. The molecular formula is C20H34IN7O2S. The van der Waals surface area contributed by atoms with Crippen LogP contribution in [0.15, 0.2) is 21.8 Å². The summed E-state index contributed by atoms with van der Waals surface area (Å²) in [5.41, 5.74) is -0.0759. The molecule has 3 heterocycles. The van der Waals surface area contributed by atoms with Crippen molar-refractivity contribution in [3.8, 4) is 0 Å². The van der Waals surface area contributed by atoms with Gasteiger partial charge in [-0.25, -0.2) is 4.99 Å². The summed E-state index contributed by atoms with van der Waals surface area (Å²) in [6.07, 6.45) is 1.00. The SMILES string of the molecule is Cc1nnc(CN=C(NCCCN2CCOCC2)NCC(C)(O)c2ccsc2)n1C.I. The number of aliphatic hydroxyl groups is 1. The first-order chi connectivity index (χ1) is 14.5. The zero-order chi connectivity index (χ0) is 21.4. The first-order valence-electron chi connectivity index (χ1n) is 10.4. The molecule has 1 fully saturated rings. The number of ether oxygens (including phenoxy) is 1. The van der Waals surface area contributed by atoms with Gasteiger partial charge in [-0.3, -0.25) is 4.90 Å². The Kier molecular flexibility index (Phi) is 10.6. The standard InChI is InChI=1S/C20H33N7O2S.HI/c1-16-24-25-18(26(16)3)13-22-19(21-6-4-7-27-8-10-29-11-9-27)23-15-20(2,28)17-5-12-30-14-17;/h5,12,14,28H,4,6-11,13,15H2,1-3H3,(H2,21,22,23);1H. The highest BCUT2D eigenvalue weighted by Crippen LogP contribution is 2.21. The first kappa shape index (κ1) is 26.0. The molecule has 0 radical (unpaired) electrons. The fourth-order valence-electron chi connectivity index (χ4n) is 3.18. The van der Waals surface area contributed by atoms with Crippen molar-refractivity contribution in [2.45, 2.75) is 32.4 Å². The van der Waals surface area contributed by atoms with Gasteiger partial charge in [0, 0.05) is 26.7 Å². The van der Waals surface area contributed by atoms with E-state index in [2.05, 4.69) is 30.7 Å². The Labute approximate surface area is 205 Å². The van der Waals surface area contributed by atoms with Gasteiger partial charge in [0.25, 0.3) is 0 Å².